The Labute approximate surface area is 222 Å². The van der Waals surface area contributed by atoms with Crippen LogP contribution in [0.3, 0.4) is 0 Å². The van der Waals surface area contributed by atoms with Gasteiger partial charge in [-0.15, -0.1) is 11.8 Å². The standard InChI is InChI=1S/C29H36N2O5S/c1-19-11-8-12-20(2)23(19)30-15-9-14-29-21(25(33)31(16-10-17-32)24(29)26(30)34)22-27(35)36-18-7-5-4-6-13-28(22,3)37-29/h6,8-9,11-14,21-22,24,32H,4-5,7,10,15-18H2,1-3H3/b13-6-/t21-,22-,24?,28+,29-/m0/s1. The summed E-state index contributed by atoms with van der Waals surface area (Å²) in [6.07, 6.45) is 11.2. The summed E-state index contributed by atoms with van der Waals surface area (Å²) in [6.45, 7) is 6.89. The van der Waals surface area contributed by atoms with Crippen LogP contribution in [0, 0.1) is 25.7 Å². The van der Waals surface area contributed by atoms with E-state index >= 15 is 0 Å². The van der Waals surface area contributed by atoms with Gasteiger partial charge in [0.25, 0.3) is 5.91 Å². The topological polar surface area (TPSA) is 87.2 Å². The number of benzene rings is 1. The number of allylic oxidation sites excluding steroid dienone is 1. The van der Waals surface area contributed by atoms with E-state index in [9.17, 15) is 19.5 Å². The van der Waals surface area contributed by atoms with Crippen molar-refractivity contribution in [2.24, 2.45) is 11.8 Å². The molecular weight excluding hydrogens is 488 g/mol. The molecule has 0 saturated carbocycles. The fourth-order valence-corrected chi connectivity index (χ4v) is 8.86. The number of rotatable bonds is 4. The molecule has 1 N–H and O–H groups in total. The number of aliphatic hydroxyl groups excluding tert-OH is 1. The quantitative estimate of drug-likeness (QED) is 0.479. The van der Waals surface area contributed by atoms with Gasteiger partial charge in [-0.2, -0.15) is 0 Å². The van der Waals surface area contributed by atoms with E-state index in [1.54, 1.807) is 21.6 Å². The first-order chi connectivity index (χ1) is 17.7. The maximum Gasteiger partial charge on any atom is 0.311 e. The first-order valence-corrected chi connectivity index (χ1v) is 14.1. The second-order valence-electron chi connectivity index (χ2n) is 10.8. The average Bonchev–Trinajstić information content (AvgIpc) is 3.18. The number of cyclic esters (lactones) is 1. The van der Waals surface area contributed by atoms with Crippen molar-refractivity contribution in [3.8, 4) is 0 Å². The van der Waals surface area contributed by atoms with E-state index in [0.29, 0.717) is 19.6 Å². The van der Waals surface area contributed by atoms with Crippen LogP contribution in [0.2, 0.25) is 0 Å². The number of thioether (sulfide) groups is 1. The molecule has 2 fully saturated rings. The molecule has 0 bridgehead atoms. The van der Waals surface area contributed by atoms with Crippen molar-refractivity contribution in [2.45, 2.75) is 62.0 Å². The Morgan fingerprint density at radius 2 is 1.81 bits per heavy atom. The fraction of sp³-hybridized carbons (Fsp3) is 0.552. The lowest BCUT2D eigenvalue weighted by molar-refractivity contribution is -0.154. The first kappa shape index (κ1) is 26.0. The smallest absolute Gasteiger partial charge is 0.311 e. The van der Waals surface area contributed by atoms with Crippen LogP contribution in [-0.2, 0) is 19.1 Å². The van der Waals surface area contributed by atoms with Crippen molar-refractivity contribution in [1.29, 1.82) is 0 Å². The molecule has 5 atom stereocenters. The molecule has 1 spiro atoms. The number of hydrogen-bond acceptors (Lipinski definition) is 6. The number of hydrogen-bond donors (Lipinski definition) is 1. The summed E-state index contributed by atoms with van der Waals surface area (Å²) >= 11 is 1.56. The molecule has 2 amide bonds. The number of esters is 1. The lowest BCUT2D eigenvalue weighted by atomic mass is 9.74. The largest absolute Gasteiger partial charge is 0.465 e. The molecule has 4 heterocycles. The van der Waals surface area contributed by atoms with Gasteiger partial charge in [0.1, 0.15) is 6.04 Å². The minimum absolute atomic E-state index is 0.0854. The van der Waals surface area contributed by atoms with Gasteiger partial charge in [0.05, 0.1) is 23.2 Å². The number of amides is 2. The molecule has 0 aliphatic carbocycles. The lowest BCUT2D eigenvalue weighted by Crippen LogP contribution is -2.54. The number of carbonyl (C=O) groups is 3. The van der Waals surface area contributed by atoms with E-state index in [4.69, 9.17) is 4.74 Å². The van der Waals surface area contributed by atoms with Crippen LogP contribution < -0.4 is 4.90 Å². The predicted octanol–water partition coefficient (Wildman–Crippen LogP) is 3.56. The van der Waals surface area contributed by atoms with E-state index < -0.39 is 27.4 Å². The molecule has 4 aliphatic heterocycles. The number of ether oxygens (including phenoxy) is 1. The third-order valence-corrected chi connectivity index (χ3v) is 10.1. The Bertz CT molecular complexity index is 1140. The molecule has 2 saturated heterocycles. The van der Waals surface area contributed by atoms with Crippen molar-refractivity contribution < 1.29 is 24.2 Å². The number of nitrogens with zero attached hydrogens (tertiary/aromatic N) is 2. The minimum atomic E-state index is -0.911. The normalized spacial score (nSPS) is 34.5. The van der Waals surface area contributed by atoms with Crippen LogP contribution in [0.5, 0.6) is 0 Å². The van der Waals surface area contributed by atoms with Gasteiger partial charge in [-0.25, -0.2) is 0 Å². The van der Waals surface area contributed by atoms with Crippen LogP contribution >= 0.6 is 11.8 Å². The van der Waals surface area contributed by atoms with Crippen LogP contribution in [0.15, 0.2) is 42.5 Å². The molecule has 5 rings (SSSR count). The first-order valence-electron chi connectivity index (χ1n) is 13.3. The lowest BCUT2D eigenvalue weighted by Gasteiger charge is -2.37. The number of anilines is 1. The molecule has 0 aromatic heterocycles. The van der Waals surface area contributed by atoms with E-state index in [-0.39, 0.29) is 30.9 Å². The second-order valence-corrected chi connectivity index (χ2v) is 12.6. The van der Waals surface area contributed by atoms with Crippen molar-refractivity contribution >= 4 is 35.2 Å². The third kappa shape index (κ3) is 4.13. The summed E-state index contributed by atoms with van der Waals surface area (Å²) in [5, 5.41) is 9.60. The van der Waals surface area contributed by atoms with Gasteiger partial charge in [0.2, 0.25) is 5.91 Å². The summed E-state index contributed by atoms with van der Waals surface area (Å²) in [7, 11) is 0. The van der Waals surface area contributed by atoms with Crippen molar-refractivity contribution in [3.05, 3.63) is 53.6 Å². The highest BCUT2D eigenvalue weighted by Crippen LogP contribution is 2.65. The van der Waals surface area contributed by atoms with Crippen LogP contribution in [0.25, 0.3) is 0 Å². The van der Waals surface area contributed by atoms with Gasteiger partial charge in [0.15, 0.2) is 0 Å². The fourth-order valence-electron chi connectivity index (χ4n) is 6.71. The van der Waals surface area contributed by atoms with Crippen LogP contribution in [-0.4, -0.2) is 69.6 Å². The summed E-state index contributed by atoms with van der Waals surface area (Å²) in [4.78, 5) is 45.6. The molecule has 1 unspecified atom stereocenters. The monoisotopic (exact) mass is 524 g/mol. The molecule has 37 heavy (non-hydrogen) atoms. The van der Waals surface area contributed by atoms with Gasteiger partial charge in [-0.1, -0.05) is 42.5 Å². The highest BCUT2D eigenvalue weighted by molar-refractivity contribution is 8.02. The third-order valence-electron chi connectivity index (χ3n) is 8.27. The van der Waals surface area contributed by atoms with Gasteiger partial charge < -0.3 is 19.6 Å². The molecule has 7 nitrogen and oxygen atoms in total. The van der Waals surface area contributed by atoms with Gasteiger partial charge in [-0.05, 0) is 57.6 Å². The zero-order chi connectivity index (χ0) is 26.4. The number of para-hydroxylation sites is 1. The number of fused-ring (bicyclic) bond motifs is 2. The molecule has 198 valence electrons. The highest BCUT2D eigenvalue weighted by Gasteiger charge is 2.73. The molecule has 0 radical (unpaired) electrons. The summed E-state index contributed by atoms with van der Waals surface area (Å²) < 4.78 is 4.11. The summed E-state index contributed by atoms with van der Waals surface area (Å²) in [5.41, 5.74) is 2.85. The Hall–Kier alpha value is -2.58. The molecule has 1 aromatic rings. The molecular formula is C29H36N2O5S. The van der Waals surface area contributed by atoms with Crippen molar-refractivity contribution in [1.82, 2.24) is 4.90 Å². The Morgan fingerprint density at radius 3 is 2.54 bits per heavy atom. The van der Waals surface area contributed by atoms with E-state index in [1.807, 2.05) is 51.1 Å². The zero-order valence-corrected chi connectivity index (χ0v) is 22.6. The Balaban J connectivity index is 1.65. The van der Waals surface area contributed by atoms with Gasteiger partial charge in [-0.3, -0.25) is 14.4 Å². The predicted molar refractivity (Wildman–Crippen MR) is 144 cm³/mol. The zero-order valence-electron chi connectivity index (χ0n) is 21.8. The SMILES string of the molecule is Cc1cccc(C)c1N1CC=C[C@]23S[C@]4(C)/C=C\CCCCOC(=O)[C@@H]4[C@H]2C(=O)N(CCCO)C3C1=O. The van der Waals surface area contributed by atoms with Crippen molar-refractivity contribution in [2.75, 3.05) is 31.2 Å². The maximum atomic E-state index is 14.5. The van der Waals surface area contributed by atoms with Crippen LogP contribution in [0.4, 0.5) is 5.69 Å². The number of aliphatic hydroxyl groups is 1. The maximum absolute atomic E-state index is 14.5. The van der Waals surface area contributed by atoms with E-state index in [2.05, 4.69) is 12.2 Å². The van der Waals surface area contributed by atoms with Gasteiger partial charge in [0, 0.05) is 30.1 Å². The van der Waals surface area contributed by atoms with Gasteiger partial charge >= 0.3 is 5.97 Å². The average molecular weight is 525 g/mol. The summed E-state index contributed by atoms with van der Waals surface area (Å²) in [6, 6.07) is 5.18. The Morgan fingerprint density at radius 1 is 1.05 bits per heavy atom. The summed E-state index contributed by atoms with van der Waals surface area (Å²) in [5.74, 6) is -2.14. The molecule has 8 heteroatoms. The second kappa shape index (κ2) is 9.95. The Kier molecular flexibility index (Phi) is 7.00. The van der Waals surface area contributed by atoms with Crippen molar-refractivity contribution in [3.63, 3.8) is 0 Å². The molecule has 4 aliphatic rings. The number of likely N-dealkylation sites (tertiary alicyclic amines) is 1. The van der Waals surface area contributed by atoms with Crippen LogP contribution in [0.1, 0.15) is 43.7 Å². The van der Waals surface area contributed by atoms with E-state index in [0.717, 1.165) is 36.1 Å². The number of carbonyl (C=O) groups excluding carboxylic acids is 3. The van der Waals surface area contributed by atoms with E-state index in [1.165, 1.54) is 0 Å². The molecule has 1 aromatic carbocycles. The minimum Gasteiger partial charge on any atom is -0.465 e. The number of aryl methyl sites for hydroxylation is 2. The highest BCUT2D eigenvalue weighted by atomic mass is 32.2.